The molecule has 0 amide bonds. The lowest BCUT2D eigenvalue weighted by Crippen LogP contribution is -1.78. The van der Waals surface area contributed by atoms with Crippen LogP contribution in [0, 0.1) is 0 Å². The molecule has 0 rings (SSSR count). The number of carbonyl (C=O) groups excluding carboxylic acids is 1. The molecule has 70 valence electrons. The minimum absolute atomic E-state index is 0.372. The third-order valence-corrected chi connectivity index (χ3v) is 1.85. The summed E-state index contributed by atoms with van der Waals surface area (Å²) in [4.78, 5) is 10.3. The zero-order valence-electron chi connectivity index (χ0n) is 7.68. The molecular weight excluding hydrogens is 172 g/mol. The summed E-state index contributed by atoms with van der Waals surface area (Å²) in [6.07, 6.45) is 10.6. The summed E-state index contributed by atoms with van der Waals surface area (Å²) in [5, 5.41) is -0.372. The predicted molar refractivity (Wildman–Crippen MR) is 53.4 cm³/mol. The van der Waals surface area contributed by atoms with Crippen LogP contribution in [0.4, 0.5) is 0 Å². The number of hydrogen-bond donors (Lipinski definition) is 0. The van der Waals surface area contributed by atoms with E-state index in [2.05, 4.69) is 6.92 Å². The second kappa shape index (κ2) is 8.79. The molecule has 0 bridgehead atoms. The summed E-state index contributed by atoms with van der Waals surface area (Å²) in [6.45, 7) is 2.20. The Balaban J connectivity index is 3.05. The number of halogens is 1. The van der Waals surface area contributed by atoms with E-state index in [1.165, 1.54) is 38.2 Å². The number of allylic oxidation sites excluding steroid dienone is 2. The smallest absolute Gasteiger partial charge is 0.244 e. The SMILES string of the molecule is CCCCCCCC=CC(=O)Cl. The van der Waals surface area contributed by atoms with Gasteiger partial charge in [-0.2, -0.15) is 0 Å². The Morgan fingerprint density at radius 2 is 1.92 bits per heavy atom. The lowest BCUT2D eigenvalue weighted by Gasteiger charge is -1.95. The molecule has 0 fully saturated rings. The number of carbonyl (C=O) groups is 1. The van der Waals surface area contributed by atoms with E-state index in [0.717, 1.165) is 6.42 Å². The Labute approximate surface area is 79.8 Å². The third kappa shape index (κ3) is 9.70. The maximum atomic E-state index is 10.3. The molecule has 0 spiro atoms. The van der Waals surface area contributed by atoms with Gasteiger partial charge in [-0.3, -0.25) is 4.79 Å². The molecule has 1 nitrogen and oxygen atoms in total. The van der Waals surface area contributed by atoms with Crippen LogP contribution in [0.15, 0.2) is 12.2 Å². The van der Waals surface area contributed by atoms with Crippen LogP contribution in [0.1, 0.15) is 45.4 Å². The van der Waals surface area contributed by atoms with E-state index >= 15 is 0 Å². The molecule has 2 heteroatoms. The van der Waals surface area contributed by atoms with Crippen molar-refractivity contribution in [2.45, 2.75) is 45.4 Å². The van der Waals surface area contributed by atoms with E-state index in [0.29, 0.717) is 0 Å². The molecule has 0 heterocycles. The zero-order valence-corrected chi connectivity index (χ0v) is 8.44. The lowest BCUT2D eigenvalue weighted by atomic mass is 10.1. The maximum Gasteiger partial charge on any atom is 0.244 e. The first-order valence-corrected chi connectivity index (χ1v) is 5.01. The highest BCUT2D eigenvalue weighted by Gasteiger charge is 1.87. The normalized spacial score (nSPS) is 10.8. The van der Waals surface area contributed by atoms with Crippen LogP contribution in [0.5, 0.6) is 0 Å². The molecule has 12 heavy (non-hydrogen) atoms. The van der Waals surface area contributed by atoms with Crippen molar-refractivity contribution >= 4 is 16.8 Å². The van der Waals surface area contributed by atoms with E-state index in [1.807, 2.05) is 6.08 Å². The van der Waals surface area contributed by atoms with Crippen molar-refractivity contribution in [2.75, 3.05) is 0 Å². The van der Waals surface area contributed by atoms with Gasteiger partial charge in [0.15, 0.2) is 0 Å². The molecular formula is C10H17ClO. The third-order valence-electron chi connectivity index (χ3n) is 1.72. The van der Waals surface area contributed by atoms with Crippen molar-refractivity contribution in [1.82, 2.24) is 0 Å². The summed E-state index contributed by atoms with van der Waals surface area (Å²) < 4.78 is 0. The van der Waals surface area contributed by atoms with Crippen molar-refractivity contribution in [3.8, 4) is 0 Å². The van der Waals surface area contributed by atoms with Crippen molar-refractivity contribution < 1.29 is 4.79 Å². The molecule has 0 aliphatic heterocycles. The van der Waals surface area contributed by atoms with Gasteiger partial charge in [0.05, 0.1) is 0 Å². The minimum Gasteiger partial charge on any atom is -0.276 e. The summed E-state index contributed by atoms with van der Waals surface area (Å²) in [5.74, 6) is 0. The second-order valence-electron chi connectivity index (χ2n) is 2.91. The molecule has 0 aromatic rings. The number of rotatable bonds is 7. The van der Waals surface area contributed by atoms with Crippen LogP contribution in [0.3, 0.4) is 0 Å². The lowest BCUT2D eigenvalue weighted by molar-refractivity contribution is -0.107. The molecule has 0 aliphatic rings. The van der Waals surface area contributed by atoms with Gasteiger partial charge in [-0.15, -0.1) is 0 Å². The van der Waals surface area contributed by atoms with Gasteiger partial charge in [-0.05, 0) is 30.5 Å². The topological polar surface area (TPSA) is 17.1 Å². The monoisotopic (exact) mass is 188 g/mol. The van der Waals surface area contributed by atoms with Gasteiger partial charge in [0, 0.05) is 0 Å². The predicted octanol–water partition coefficient (Wildman–Crippen LogP) is 3.67. The molecule has 0 N–H and O–H groups in total. The van der Waals surface area contributed by atoms with Gasteiger partial charge < -0.3 is 0 Å². The fraction of sp³-hybridized carbons (Fsp3) is 0.700. The minimum atomic E-state index is -0.372. The fourth-order valence-electron chi connectivity index (χ4n) is 1.04. The number of hydrogen-bond acceptors (Lipinski definition) is 1. The van der Waals surface area contributed by atoms with Gasteiger partial charge >= 0.3 is 0 Å². The van der Waals surface area contributed by atoms with Crippen LogP contribution in [0.2, 0.25) is 0 Å². The Morgan fingerprint density at radius 1 is 1.25 bits per heavy atom. The average molecular weight is 189 g/mol. The van der Waals surface area contributed by atoms with Crippen molar-refractivity contribution in [1.29, 1.82) is 0 Å². The first-order valence-electron chi connectivity index (χ1n) is 4.63. The molecule has 0 unspecified atom stereocenters. The quantitative estimate of drug-likeness (QED) is 0.339. The van der Waals surface area contributed by atoms with Crippen LogP contribution in [0.25, 0.3) is 0 Å². The van der Waals surface area contributed by atoms with Crippen molar-refractivity contribution in [3.05, 3.63) is 12.2 Å². The first-order chi connectivity index (χ1) is 5.77. The second-order valence-corrected chi connectivity index (χ2v) is 3.28. The van der Waals surface area contributed by atoms with Crippen LogP contribution in [-0.2, 0) is 4.79 Å². The van der Waals surface area contributed by atoms with E-state index in [1.54, 1.807) is 0 Å². The standard InChI is InChI=1S/C10H17ClO/c1-2-3-4-5-6-7-8-9-10(11)12/h8-9H,2-7H2,1H3. The Morgan fingerprint density at radius 3 is 2.50 bits per heavy atom. The van der Waals surface area contributed by atoms with Crippen LogP contribution < -0.4 is 0 Å². The van der Waals surface area contributed by atoms with Gasteiger partial charge in [0.1, 0.15) is 0 Å². The van der Waals surface area contributed by atoms with Crippen molar-refractivity contribution in [2.24, 2.45) is 0 Å². The van der Waals surface area contributed by atoms with E-state index in [4.69, 9.17) is 11.6 Å². The van der Waals surface area contributed by atoms with E-state index in [-0.39, 0.29) is 5.24 Å². The molecule has 0 aromatic carbocycles. The Kier molecular flexibility index (Phi) is 8.57. The largest absolute Gasteiger partial charge is 0.276 e. The molecule has 0 saturated heterocycles. The highest BCUT2D eigenvalue weighted by Crippen LogP contribution is 2.05. The summed E-state index contributed by atoms with van der Waals surface area (Å²) >= 11 is 5.11. The Hall–Kier alpha value is -0.300. The van der Waals surface area contributed by atoms with Crippen LogP contribution in [-0.4, -0.2) is 5.24 Å². The first kappa shape index (κ1) is 11.7. The molecule has 0 aliphatic carbocycles. The highest BCUT2D eigenvalue weighted by molar-refractivity contribution is 6.66. The van der Waals surface area contributed by atoms with Crippen molar-refractivity contribution in [3.63, 3.8) is 0 Å². The summed E-state index contributed by atoms with van der Waals surface area (Å²) in [7, 11) is 0. The van der Waals surface area contributed by atoms with Gasteiger partial charge in [-0.1, -0.05) is 38.7 Å². The highest BCUT2D eigenvalue weighted by atomic mass is 35.5. The van der Waals surface area contributed by atoms with E-state index in [9.17, 15) is 4.79 Å². The number of unbranched alkanes of at least 4 members (excludes halogenated alkanes) is 5. The Bertz CT molecular complexity index is 141. The molecule has 0 aromatic heterocycles. The van der Waals surface area contributed by atoms with Crippen LogP contribution >= 0.6 is 11.6 Å². The van der Waals surface area contributed by atoms with Gasteiger partial charge in [0.2, 0.25) is 5.24 Å². The molecule has 0 atom stereocenters. The fourth-order valence-corrected chi connectivity index (χ4v) is 1.13. The molecule has 0 saturated carbocycles. The average Bonchev–Trinajstić information content (AvgIpc) is 2.02. The van der Waals surface area contributed by atoms with E-state index < -0.39 is 0 Å². The zero-order chi connectivity index (χ0) is 9.23. The summed E-state index contributed by atoms with van der Waals surface area (Å²) in [6, 6.07) is 0. The maximum absolute atomic E-state index is 10.3. The van der Waals surface area contributed by atoms with Gasteiger partial charge in [0.25, 0.3) is 0 Å². The van der Waals surface area contributed by atoms with Gasteiger partial charge in [-0.25, -0.2) is 0 Å². The molecule has 0 radical (unpaired) electrons. The summed E-state index contributed by atoms with van der Waals surface area (Å²) in [5.41, 5.74) is 0.